The molecule has 1 aromatic heterocycles. The summed E-state index contributed by atoms with van der Waals surface area (Å²) in [6, 6.07) is 38.2. The van der Waals surface area contributed by atoms with Crippen molar-refractivity contribution in [2.75, 3.05) is 32.8 Å². The van der Waals surface area contributed by atoms with E-state index in [9.17, 15) is 14.9 Å². The molecular weight excluding hydrogens is 794 g/mol. The van der Waals surface area contributed by atoms with Crippen LogP contribution in [0, 0.1) is 11.3 Å². The van der Waals surface area contributed by atoms with Crippen molar-refractivity contribution < 1.29 is 32.8 Å². The van der Waals surface area contributed by atoms with Crippen molar-refractivity contribution in [2.45, 2.75) is 83.1 Å². The highest BCUT2D eigenvalue weighted by molar-refractivity contribution is 7.44. The molecule has 0 spiro atoms. The molecule has 0 radical (unpaired) electrons. The molecule has 0 aliphatic carbocycles. The van der Waals surface area contributed by atoms with Crippen LogP contribution < -0.4 is 20.5 Å². The molecule has 1 unspecified atom stereocenters. The third-order valence-corrected chi connectivity index (χ3v) is 12.5. The van der Waals surface area contributed by atoms with Gasteiger partial charge in [-0.1, -0.05) is 72.8 Å². The summed E-state index contributed by atoms with van der Waals surface area (Å²) in [4.78, 5) is 30.7. The Morgan fingerprint density at radius 2 is 1.44 bits per heavy atom. The predicted molar refractivity (Wildman–Crippen MR) is 234 cm³/mol. The molecule has 1 amide bonds. The number of benzene rings is 4. The maximum Gasteiger partial charge on any atom is 0.351 e. The lowest BCUT2D eigenvalue weighted by molar-refractivity contribution is -0.175. The van der Waals surface area contributed by atoms with Gasteiger partial charge in [-0.15, -0.1) is 0 Å². The topological polar surface area (TPSA) is 146 Å². The highest BCUT2D eigenvalue weighted by atomic mass is 31.2. The zero-order valence-electron chi connectivity index (χ0n) is 35.5. The molecule has 1 N–H and O–H groups in total. The lowest BCUT2D eigenvalue weighted by Gasteiger charge is -2.43. The van der Waals surface area contributed by atoms with Gasteiger partial charge in [-0.2, -0.15) is 10.2 Å². The Bertz CT molecular complexity index is 2200. The first-order valence-corrected chi connectivity index (χ1v) is 21.6. The van der Waals surface area contributed by atoms with Crippen molar-refractivity contribution in [3.05, 3.63) is 154 Å². The SMILES string of the molecule is COc1ccc(C(OC[C@H]2O[C@@H](n3ccc(NC(=O)c4ccccc4)nc3=O)CC[C@@H]2OP(OCCC#N)N(C(C)C)C(C)C)(c2ccccc2)c2ccc(OC)cc2)cc1. The number of methoxy groups -OCH3 is 2. The van der Waals surface area contributed by atoms with Gasteiger partial charge >= 0.3 is 5.69 Å². The zero-order valence-corrected chi connectivity index (χ0v) is 36.4. The van der Waals surface area contributed by atoms with Crippen LogP contribution in [0.4, 0.5) is 5.82 Å². The molecule has 0 bridgehead atoms. The third kappa shape index (κ3) is 10.9. The van der Waals surface area contributed by atoms with E-state index in [0.717, 1.165) is 16.7 Å². The molecular formula is C47H54N5O8P. The number of rotatable bonds is 19. The number of nitrogens with one attached hydrogen (secondary N) is 1. The van der Waals surface area contributed by atoms with Crippen molar-refractivity contribution >= 4 is 20.3 Å². The highest BCUT2D eigenvalue weighted by Gasteiger charge is 2.43. The van der Waals surface area contributed by atoms with Crippen LogP contribution >= 0.6 is 8.53 Å². The van der Waals surface area contributed by atoms with E-state index in [1.54, 1.807) is 50.7 Å². The van der Waals surface area contributed by atoms with E-state index in [4.69, 9.17) is 28.0 Å². The molecule has 4 atom stereocenters. The van der Waals surface area contributed by atoms with Gasteiger partial charge in [-0.25, -0.2) is 9.46 Å². The van der Waals surface area contributed by atoms with E-state index in [1.807, 2.05) is 84.9 Å². The summed E-state index contributed by atoms with van der Waals surface area (Å²) in [5.74, 6) is 1.14. The van der Waals surface area contributed by atoms with Crippen LogP contribution in [0.25, 0.3) is 0 Å². The van der Waals surface area contributed by atoms with E-state index in [2.05, 4.69) is 48.7 Å². The number of nitriles is 1. The standard InChI is InChI=1S/C47H54N5O8P/c1-33(2)52(34(3)4)61(58-31-13-29-48)60-41-26-27-44(51-30-28-43(50-46(51)54)49-45(53)35-14-9-7-10-15-35)59-42(41)32-57-47(36-16-11-8-12-17-36,37-18-22-39(55-5)23-19-37)38-20-24-40(56-6)25-21-38/h7-12,14-25,28,30,33-34,41-42,44H,13,26-27,31-32H2,1-6H3,(H,49,50,53,54)/t41-,42+,44+,61?/m0/s1. The first-order valence-electron chi connectivity index (χ1n) is 20.4. The number of carbonyl (C=O) groups is 1. The van der Waals surface area contributed by atoms with Crippen molar-refractivity contribution in [3.8, 4) is 17.6 Å². The normalized spacial score (nSPS) is 17.2. The van der Waals surface area contributed by atoms with Gasteiger partial charge in [-0.3, -0.25) is 9.36 Å². The molecule has 1 fully saturated rings. The fourth-order valence-corrected chi connectivity index (χ4v) is 9.27. The lowest BCUT2D eigenvalue weighted by atomic mass is 9.80. The molecule has 13 nitrogen and oxygen atoms in total. The second kappa shape index (κ2) is 21.4. The fraction of sp³-hybridized carbons (Fsp3) is 0.362. The number of anilines is 1. The van der Waals surface area contributed by atoms with Crippen molar-refractivity contribution in [2.24, 2.45) is 0 Å². The maximum atomic E-state index is 13.7. The van der Waals surface area contributed by atoms with Crippen LogP contribution in [0.3, 0.4) is 0 Å². The van der Waals surface area contributed by atoms with E-state index < -0.39 is 38.3 Å². The summed E-state index contributed by atoms with van der Waals surface area (Å²) < 4.78 is 42.2. The van der Waals surface area contributed by atoms with Crippen LogP contribution in [0.5, 0.6) is 11.5 Å². The Hall–Kier alpha value is -5.45. The van der Waals surface area contributed by atoms with Gasteiger partial charge < -0.3 is 33.3 Å². The summed E-state index contributed by atoms with van der Waals surface area (Å²) >= 11 is 0. The summed E-state index contributed by atoms with van der Waals surface area (Å²) in [5.41, 5.74) is 1.26. The number of aromatic nitrogens is 2. The fourth-order valence-electron chi connectivity index (χ4n) is 7.49. The monoisotopic (exact) mass is 847 g/mol. The van der Waals surface area contributed by atoms with Gasteiger partial charge in [-0.05, 0) is 99.7 Å². The largest absolute Gasteiger partial charge is 0.497 e. The number of carbonyl (C=O) groups excluding carboxylic acids is 1. The third-order valence-electron chi connectivity index (χ3n) is 10.4. The molecule has 0 saturated carbocycles. The maximum absolute atomic E-state index is 13.7. The Kier molecular flexibility index (Phi) is 15.8. The molecule has 1 aliphatic rings. The zero-order chi connectivity index (χ0) is 43.4. The van der Waals surface area contributed by atoms with E-state index in [0.29, 0.717) is 29.9 Å². The van der Waals surface area contributed by atoms with Crippen molar-refractivity contribution in [1.29, 1.82) is 5.26 Å². The second-order valence-electron chi connectivity index (χ2n) is 15.0. The molecule has 6 rings (SSSR count). The number of amides is 1. The molecule has 320 valence electrons. The minimum Gasteiger partial charge on any atom is -0.497 e. The number of hydrogen-bond acceptors (Lipinski definition) is 11. The number of nitrogens with zero attached hydrogens (tertiary/aromatic N) is 4. The van der Waals surface area contributed by atoms with Gasteiger partial charge in [0.1, 0.15) is 35.2 Å². The van der Waals surface area contributed by atoms with Crippen molar-refractivity contribution in [1.82, 2.24) is 14.2 Å². The summed E-state index contributed by atoms with van der Waals surface area (Å²) in [7, 11) is 1.60. The first kappa shape index (κ1) is 45.1. The average molecular weight is 848 g/mol. The Balaban J connectivity index is 1.39. The minimum absolute atomic E-state index is 0.0201. The van der Waals surface area contributed by atoms with Crippen LogP contribution in [0.2, 0.25) is 0 Å². The Morgan fingerprint density at radius 3 is 1.98 bits per heavy atom. The Morgan fingerprint density at radius 1 is 0.869 bits per heavy atom. The summed E-state index contributed by atoms with van der Waals surface area (Å²) in [6.45, 7) is 8.57. The van der Waals surface area contributed by atoms with Gasteiger partial charge in [0, 0.05) is 23.8 Å². The number of hydrogen-bond donors (Lipinski definition) is 1. The predicted octanol–water partition coefficient (Wildman–Crippen LogP) is 8.86. The molecule has 4 aromatic carbocycles. The average Bonchev–Trinajstić information content (AvgIpc) is 3.28. The van der Waals surface area contributed by atoms with Gasteiger partial charge in [0.05, 0.1) is 46.0 Å². The molecule has 61 heavy (non-hydrogen) atoms. The van der Waals surface area contributed by atoms with Crippen LogP contribution in [0.15, 0.2) is 126 Å². The molecule has 14 heteroatoms. The lowest BCUT2D eigenvalue weighted by Crippen LogP contribution is -2.46. The summed E-state index contributed by atoms with van der Waals surface area (Å²) in [5, 5.41) is 12.1. The smallest absolute Gasteiger partial charge is 0.351 e. The van der Waals surface area contributed by atoms with E-state index in [-0.39, 0.29) is 43.4 Å². The van der Waals surface area contributed by atoms with E-state index in [1.165, 1.54) is 4.57 Å². The minimum atomic E-state index is -1.65. The van der Waals surface area contributed by atoms with Crippen molar-refractivity contribution in [3.63, 3.8) is 0 Å². The highest BCUT2D eigenvalue weighted by Crippen LogP contribution is 2.50. The van der Waals surface area contributed by atoms with Crippen LogP contribution in [0.1, 0.15) is 80.2 Å². The molecule has 1 aliphatic heterocycles. The second-order valence-corrected chi connectivity index (χ2v) is 16.4. The van der Waals surface area contributed by atoms with Gasteiger partial charge in [0.25, 0.3) is 14.4 Å². The molecule has 5 aromatic rings. The van der Waals surface area contributed by atoms with Crippen LogP contribution in [-0.2, 0) is 24.1 Å². The summed E-state index contributed by atoms with van der Waals surface area (Å²) in [6.07, 6.45) is 0.668. The first-order chi connectivity index (χ1) is 29.6. The van der Waals surface area contributed by atoms with Gasteiger partial charge in [0.15, 0.2) is 0 Å². The van der Waals surface area contributed by atoms with E-state index >= 15 is 0 Å². The molecule has 1 saturated heterocycles. The van der Waals surface area contributed by atoms with Crippen LogP contribution in [-0.4, -0.2) is 71.9 Å². The van der Waals surface area contributed by atoms with Gasteiger partial charge in [0.2, 0.25) is 0 Å². The molecule has 2 heterocycles. The quantitative estimate of drug-likeness (QED) is 0.0483. The Labute approximate surface area is 359 Å². The number of ether oxygens (including phenoxy) is 4.